The lowest BCUT2D eigenvalue weighted by Crippen LogP contribution is -2.21. The zero-order chi connectivity index (χ0) is 16.2. The number of hydrogen-bond donors (Lipinski definition) is 0. The van der Waals surface area contributed by atoms with Gasteiger partial charge in [-0.05, 0) is 31.4 Å². The second-order valence-corrected chi connectivity index (χ2v) is 5.90. The molecule has 2 aromatic carbocycles. The minimum Gasteiger partial charge on any atom is -0.466 e. The van der Waals surface area contributed by atoms with Crippen LogP contribution >= 0.6 is 0 Å². The standard InChI is InChI=1S/C19H20N2O2/c1-2-23-19(22)11-14-9-10-21(13-14)18-8-7-15(12-20)16-5-3-4-6-17(16)18/h3-8,14H,2,9-11,13H2,1H3. The zero-order valence-corrected chi connectivity index (χ0v) is 13.3. The fourth-order valence-corrected chi connectivity index (χ4v) is 3.33. The lowest BCUT2D eigenvalue weighted by Gasteiger charge is -2.21. The van der Waals surface area contributed by atoms with E-state index in [2.05, 4.69) is 17.0 Å². The summed E-state index contributed by atoms with van der Waals surface area (Å²) >= 11 is 0. The van der Waals surface area contributed by atoms with Crippen molar-refractivity contribution in [3.8, 4) is 6.07 Å². The average Bonchev–Trinajstić information content (AvgIpc) is 3.02. The summed E-state index contributed by atoms with van der Waals surface area (Å²) in [5, 5.41) is 11.4. The Morgan fingerprint density at radius 1 is 1.30 bits per heavy atom. The lowest BCUT2D eigenvalue weighted by atomic mass is 10.0. The summed E-state index contributed by atoms with van der Waals surface area (Å²) in [6, 6.07) is 14.2. The first-order chi connectivity index (χ1) is 11.2. The van der Waals surface area contributed by atoms with Gasteiger partial charge in [0.1, 0.15) is 0 Å². The summed E-state index contributed by atoms with van der Waals surface area (Å²) in [7, 11) is 0. The number of nitriles is 1. The molecule has 1 unspecified atom stereocenters. The van der Waals surface area contributed by atoms with E-state index in [-0.39, 0.29) is 5.97 Å². The molecule has 2 aromatic rings. The van der Waals surface area contributed by atoms with Gasteiger partial charge in [-0.25, -0.2) is 0 Å². The molecule has 0 aromatic heterocycles. The highest BCUT2D eigenvalue weighted by Crippen LogP contribution is 2.33. The molecule has 4 heteroatoms. The predicted octanol–water partition coefficient (Wildman–Crippen LogP) is 3.49. The molecule has 0 amide bonds. The van der Waals surface area contributed by atoms with Crippen LogP contribution in [0.25, 0.3) is 10.8 Å². The normalized spacial score (nSPS) is 17.2. The molecule has 0 bridgehead atoms. The molecule has 0 radical (unpaired) electrons. The van der Waals surface area contributed by atoms with Gasteiger partial charge in [-0.15, -0.1) is 0 Å². The van der Waals surface area contributed by atoms with Crippen LogP contribution < -0.4 is 4.90 Å². The lowest BCUT2D eigenvalue weighted by molar-refractivity contribution is -0.144. The molecule has 3 rings (SSSR count). The van der Waals surface area contributed by atoms with Crippen LogP contribution in [0.5, 0.6) is 0 Å². The number of carbonyl (C=O) groups is 1. The van der Waals surface area contributed by atoms with Crippen molar-refractivity contribution >= 4 is 22.4 Å². The second kappa shape index (κ2) is 6.70. The third-order valence-corrected chi connectivity index (χ3v) is 4.41. The van der Waals surface area contributed by atoms with E-state index in [4.69, 9.17) is 4.74 Å². The Morgan fingerprint density at radius 2 is 2.09 bits per heavy atom. The molecule has 4 nitrogen and oxygen atoms in total. The molecule has 1 saturated heterocycles. The molecule has 0 spiro atoms. The number of hydrogen-bond acceptors (Lipinski definition) is 4. The summed E-state index contributed by atoms with van der Waals surface area (Å²) in [6.07, 6.45) is 1.48. The number of benzene rings is 2. The first kappa shape index (κ1) is 15.4. The molecule has 118 valence electrons. The van der Waals surface area contributed by atoms with Crippen molar-refractivity contribution < 1.29 is 9.53 Å². The number of anilines is 1. The van der Waals surface area contributed by atoms with Gasteiger partial charge in [0.2, 0.25) is 0 Å². The number of nitrogens with zero attached hydrogens (tertiary/aromatic N) is 2. The Labute approximate surface area is 136 Å². The van der Waals surface area contributed by atoms with Gasteiger partial charge >= 0.3 is 5.97 Å². The van der Waals surface area contributed by atoms with E-state index in [0.29, 0.717) is 24.5 Å². The average molecular weight is 308 g/mol. The fourth-order valence-electron chi connectivity index (χ4n) is 3.33. The molecule has 1 atom stereocenters. The summed E-state index contributed by atoms with van der Waals surface area (Å²) in [5.74, 6) is 0.229. The van der Waals surface area contributed by atoms with Crippen LogP contribution in [0.3, 0.4) is 0 Å². The molecule has 1 aliphatic heterocycles. The third-order valence-electron chi connectivity index (χ3n) is 4.41. The Hall–Kier alpha value is -2.54. The van der Waals surface area contributed by atoms with Gasteiger partial charge in [0, 0.05) is 29.5 Å². The molecular formula is C19H20N2O2. The van der Waals surface area contributed by atoms with Gasteiger partial charge in [-0.1, -0.05) is 24.3 Å². The van der Waals surface area contributed by atoms with Crippen molar-refractivity contribution in [1.29, 1.82) is 5.26 Å². The molecule has 0 saturated carbocycles. The van der Waals surface area contributed by atoms with Crippen molar-refractivity contribution in [2.75, 3.05) is 24.6 Å². The van der Waals surface area contributed by atoms with E-state index in [9.17, 15) is 10.1 Å². The van der Waals surface area contributed by atoms with Crippen LogP contribution in [0.1, 0.15) is 25.3 Å². The van der Waals surface area contributed by atoms with Crippen molar-refractivity contribution in [2.24, 2.45) is 5.92 Å². The van der Waals surface area contributed by atoms with Crippen LogP contribution in [-0.2, 0) is 9.53 Å². The largest absolute Gasteiger partial charge is 0.466 e. The third kappa shape index (κ3) is 3.14. The Morgan fingerprint density at radius 3 is 2.83 bits per heavy atom. The monoisotopic (exact) mass is 308 g/mol. The van der Waals surface area contributed by atoms with Gasteiger partial charge in [-0.2, -0.15) is 5.26 Å². The Bertz CT molecular complexity index is 764. The molecule has 0 N–H and O–H groups in total. The van der Waals surface area contributed by atoms with Crippen LogP contribution in [0, 0.1) is 17.2 Å². The van der Waals surface area contributed by atoms with Gasteiger partial charge in [-0.3, -0.25) is 4.79 Å². The number of esters is 1. The summed E-state index contributed by atoms with van der Waals surface area (Å²) < 4.78 is 5.05. The van der Waals surface area contributed by atoms with Gasteiger partial charge in [0.25, 0.3) is 0 Å². The smallest absolute Gasteiger partial charge is 0.306 e. The SMILES string of the molecule is CCOC(=O)CC1CCN(c2ccc(C#N)c3ccccc23)C1. The number of rotatable bonds is 4. The summed E-state index contributed by atoms with van der Waals surface area (Å²) in [5.41, 5.74) is 1.84. The number of ether oxygens (including phenoxy) is 1. The fraction of sp³-hybridized carbons (Fsp3) is 0.368. The van der Waals surface area contributed by atoms with Crippen LogP contribution in [0.15, 0.2) is 36.4 Å². The van der Waals surface area contributed by atoms with Gasteiger partial charge in [0.05, 0.1) is 24.7 Å². The molecule has 1 heterocycles. The van der Waals surface area contributed by atoms with Gasteiger partial charge in [0.15, 0.2) is 0 Å². The number of fused-ring (bicyclic) bond motifs is 1. The maximum Gasteiger partial charge on any atom is 0.306 e. The van der Waals surface area contributed by atoms with Crippen LogP contribution in [-0.4, -0.2) is 25.7 Å². The van der Waals surface area contributed by atoms with Crippen molar-refractivity contribution in [1.82, 2.24) is 0 Å². The zero-order valence-electron chi connectivity index (χ0n) is 13.3. The van der Waals surface area contributed by atoms with E-state index in [1.807, 2.05) is 37.3 Å². The maximum atomic E-state index is 11.7. The van der Waals surface area contributed by atoms with E-state index < -0.39 is 0 Å². The molecule has 1 aliphatic rings. The predicted molar refractivity (Wildman–Crippen MR) is 90.2 cm³/mol. The second-order valence-electron chi connectivity index (χ2n) is 5.90. The number of carbonyl (C=O) groups excluding carboxylic acids is 1. The highest BCUT2D eigenvalue weighted by atomic mass is 16.5. The maximum absolute atomic E-state index is 11.7. The van der Waals surface area contributed by atoms with Crippen molar-refractivity contribution in [2.45, 2.75) is 19.8 Å². The van der Waals surface area contributed by atoms with Crippen molar-refractivity contribution in [3.63, 3.8) is 0 Å². The van der Waals surface area contributed by atoms with Crippen LogP contribution in [0.4, 0.5) is 5.69 Å². The van der Waals surface area contributed by atoms with Crippen LogP contribution in [0.2, 0.25) is 0 Å². The Balaban J connectivity index is 1.82. The van der Waals surface area contributed by atoms with E-state index in [0.717, 1.165) is 36.0 Å². The minimum absolute atomic E-state index is 0.107. The quantitative estimate of drug-likeness (QED) is 0.811. The molecule has 1 fully saturated rings. The summed E-state index contributed by atoms with van der Waals surface area (Å²) in [6.45, 7) is 4.06. The first-order valence-electron chi connectivity index (χ1n) is 8.05. The molecule has 0 aliphatic carbocycles. The summed E-state index contributed by atoms with van der Waals surface area (Å²) in [4.78, 5) is 14.0. The molecule has 23 heavy (non-hydrogen) atoms. The van der Waals surface area contributed by atoms with E-state index in [1.54, 1.807) is 0 Å². The Kier molecular flexibility index (Phi) is 4.47. The first-order valence-corrected chi connectivity index (χ1v) is 8.05. The highest BCUT2D eigenvalue weighted by molar-refractivity contribution is 5.98. The topological polar surface area (TPSA) is 53.3 Å². The van der Waals surface area contributed by atoms with E-state index in [1.165, 1.54) is 0 Å². The molecular weight excluding hydrogens is 288 g/mol. The minimum atomic E-state index is -0.107. The van der Waals surface area contributed by atoms with Crippen molar-refractivity contribution in [3.05, 3.63) is 42.0 Å². The van der Waals surface area contributed by atoms with E-state index >= 15 is 0 Å². The van der Waals surface area contributed by atoms with Gasteiger partial charge < -0.3 is 9.64 Å². The highest BCUT2D eigenvalue weighted by Gasteiger charge is 2.26.